The highest BCUT2D eigenvalue weighted by molar-refractivity contribution is 8.03. The third kappa shape index (κ3) is 6.32. The van der Waals surface area contributed by atoms with Gasteiger partial charge in [-0.3, -0.25) is 0 Å². The molecule has 2 rings (SSSR count). The highest BCUT2D eigenvalue weighted by atomic mass is 32.2. The Balaban J connectivity index is 2.03. The zero-order valence-corrected chi connectivity index (χ0v) is 20.6. The normalized spacial score (nSPS) is 12.0. The Morgan fingerprint density at radius 2 is 0.893 bits per heavy atom. The van der Waals surface area contributed by atoms with Crippen LogP contribution in [0.5, 0.6) is 0 Å². The first-order chi connectivity index (χ1) is 13.2. The summed E-state index contributed by atoms with van der Waals surface area (Å²) in [5, 5.41) is 0. The summed E-state index contributed by atoms with van der Waals surface area (Å²) in [7, 11) is 0. The molecule has 0 fully saturated rings. The van der Waals surface area contributed by atoms with Gasteiger partial charge in [-0.05, 0) is 58.1 Å². The minimum absolute atomic E-state index is 0.574. The second-order valence-electron chi connectivity index (χ2n) is 8.91. The van der Waals surface area contributed by atoms with Gasteiger partial charge in [0.05, 0.1) is 0 Å². The molecule has 0 aliphatic heterocycles. The van der Waals surface area contributed by atoms with Gasteiger partial charge in [-0.15, -0.1) is 23.5 Å². The summed E-state index contributed by atoms with van der Waals surface area (Å²) in [6.07, 6.45) is 0. The predicted molar refractivity (Wildman–Crippen MR) is 131 cm³/mol. The summed E-state index contributed by atoms with van der Waals surface area (Å²) in [5.74, 6) is 4.63. The molecule has 0 atom stereocenters. The van der Waals surface area contributed by atoms with Gasteiger partial charge in [0.2, 0.25) is 0 Å². The first kappa shape index (κ1) is 23.4. The SMILES string of the molecule is CC(C)c1ccc(SCCSc2ccc(C(C)C)cc2C(C)C)c(C(C)C)c1. The van der Waals surface area contributed by atoms with Crippen LogP contribution >= 0.6 is 23.5 Å². The van der Waals surface area contributed by atoms with Crippen molar-refractivity contribution in [3.05, 3.63) is 58.7 Å². The fourth-order valence-electron chi connectivity index (χ4n) is 3.32. The van der Waals surface area contributed by atoms with Crippen molar-refractivity contribution in [1.82, 2.24) is 0 Å². The third-order valence-electron chi connectivity index (χ3n) is 5.24. The highest BCUT2D eigenvalue weighted by Gasteiger charge is 2.12. The summed E-state index contributed by atoms with van der Waals surface area (Å²) in [5.41, 5.74) is 5.92. The van der Waals surface area contributed by atoms with Crippen LogP contribution in [0.15, 0.2) is 46.2 Å². The maximum Gasteiger partial charge on any atom is 0.0107 e. The molecule has 0 saturated heterocycles. The van der Waals surface area contributed by atoms with E-state index in [1.807, 2.05) is 23.5 Å². The molecule has 0 saturated carbocycles. The molecule has 0 bridgehead atoms. The summed E-state index contributed by atoms with van der Waals surface area (Å²) in [4.78, 5) is 2.92. The van der Waals surface area contributed by atoms with Gasteiger partial charge in [0, 0.05) is 21.3 Å². The van der Waals surface area contributed by atoms with Crippen molar-refractivity contribution < 1.29 is 0 Å². The molecule has 0 aliphatic carbocycles. The van der Waals surface area contributed by atoms with Gasteiger partial charge in [0.15, 0.2) is 0 Å². The zero-order chi connectivity index (χ0) is 20.8. The Hall–Kier alpha value is -0.860. The van der Waals surface area contributed by atoms with Crippen molar-refractivity contribution in [2.75, 3.05) is 11.5 Å². The lowest BCUT2D eigenvalue weighted by atomic mass is 9.96. The number of hydrogen-bond acceptors (Lipinski definition) is 2. The van der Waals surface area contributed by atoms with E-state index in [1.54, 1.807) is 0 Å². The number of benzene rings is 2. The minimum atomic E-state index is 0.574. The van der Waals surface area contributed by atoms with Crippen LogP contribution in [0.1, 0.15) is 101 Å². The van der Waals surface area contributed by atoms with Gasteiger partial charge in [0.25, 0.3) is 0 Å². The lowest BCUT2D eigenvalue weighted by Gasteiger charge is -2.17. The molecule has 0 nitrogen and oxygen atoms in total. The van der Waals surface area contributed by atoms with Crippen molar-refractivity contribution in [3.63, 3.8) is 0 Å². The van der Waals surface area contributed by atoms with Crippen LogP contribution in [0, 0.1) is 0 Å². The lowest BCUT2D eigenvalue weighted by molar-refractivity contribution is 0.815. The topological polar surface area (TPSA) is 0 Å². The maximum absolute atomic E-state index is 2.42. The first-order valence-electron chi connectivity index (χ1n) is 10.7. The number of hydrogen-bond donors (Lipinski definition) is 0. The Bertz CT molecular complexity index is 692. The van der Waals surface area contributed by atoms with E-state index in [0.29, 0.717) is 23.7 Å². The van der Waals surface area contributed by atoms with Gasteiger partial charge in [-0.25, -0.2) is 0 Å². The molecule has 0 heterocycles. The van der Waals surface area contributed by atoms with Crippen molar-refractivity contribution in [2.45, 2.75) is 88.9 Å². The zero-order valence-electron chi connectivity index (χ0n) is 19.0. The average molecular weight is 415 g/mol. The fraction of sp³-hybridized carbons (Fsp3) is 0.538. The second kappa shape index (κ2) is 10.8. The molecule has 0 unspecified atom stereocenters. The molecule has 0 amide bonds. The lowest BCUT2D eigenvalue weighted by Crippen LogP contribution is -1.98. The van der Waals surface area contributed by atoms with E-state index in [0.717, 1.165) is 11.5 Å². The van der Waals surface area contributed by atoms with Crippen LogP contribution in [0.2, 0.25) is 0 Å². The Labute approximate surface area is 182 Å². The molecule has 154 valence electrons. The van der Waals surface area contributed by atoms with Gasteiger partial charge >= 0.3 is 0 Å². The summed E-state index contributed by atoms with van der Waals surface area (Å²) < 4.78 is 0. The van der Waals surface area contributed by atoms with E-state index in [-0.39, 0.29) is 0 Å². The second-order valence-corrected chi connectivity index (χ2v) is 11.2. The predicted octanol–water partition coefficient (Wildman–Crippen LogP) is 9.06. The summed E-state index contributed by atoms with van der Waals surface area (Å²) in [6.45, 7) is 18.3. The molecule has 2 aromatic carbocycles. The quantitative estimate of drug-likeness (QED) is 0.296. The van der Waals surface area contributed by atoms with Crippen molar-refractivity contribution in [2.24, 2.45) is 0 Å². The van der Waals surface area contributed by atoms with Gasteiger partial charge in [-0.1, -0.05) is 79.7 Å². The molecular weight excluding hydrogens is 376 g/mol. The van der Waals surface area contributed by atoms with E-state index in [4.69, 9.17) is 0 Å². The van der Waals surface area contributed by atoms with Crippen molar-refractivity contribution in [1.29, 1.82) is 0 Å². The van der Waals surface area contributed by atoms with Crippen molar-refractivity contribution in [3.8, 4) is 0 Å². The monoisotopic (exact) mass is 414 g/mol. The standard InChI is InChI=1S/C26H38S2/c1-17(2)21-9-11-25(23(15-21)19(5)6)27-13-14-28-26-12-10-22(18(3)4)16-24(26)20(7)8/h9-12,15-20H,13-14H2,1-8H3. The molecule has 0 radical (unpaired) electrons. The van der Waals surface area contributed by atoms with E-state index in [9.17, 15) is 0 Å². The van der Waals surface area contributed by atoms with Gasteiger partial charge < -0.3 is 0 Å². The summed E-state index contributed by atoms with van der Waals surface area (Å²) >= 11 is 4.03. The fourth-order valence-corrected chi connectivity index (χ4v) is 5.68. The molecule has 2 heteroatoms. The van der Waals surface area contributed by atoms with E-state index >= 15 is 0 Å². The molecule has 0 N–H and O–H groups in total. The Kier molecular flexibility index (Phi) is 9.02. The molecule has 0 aliphatic rings. The van der Waals surface area contributed by atoms with E-state index in [1.165, 1.54) is 32.0 Å². The van der Waals surface area contributed by atoms with Crippen LogP contribution in [0.25, 0.3) is 0 Å². The van der Waals surface area contributed by atoms with Crippen LogP contribution in [0.3, 0.4) is 0 Å². The summed E-state index contributed by atoms with van der Waals surface area (Å²) in [6, 6.07) is 14.2. The van der Waals surface area contributed by atoms with Gasteiger partial charge in [-0.2, -0.15) is 0 Å². The maximum atomic E-state index is 2.42. The highest BCUT2D eigenvalue weighted by Crippen LogP contribution is 2.35. The Morgan fingerprint density at radius 1 is 0.536 bits per heavy atom. The Morgan fingerprint density at radius 3 is 1.18 bits per heavy atom. The first-order valence-corrected chi connectivity index (χ1v) is 12.7. The van der Waals surface area contributed by atoms with Gasteiger partial charge in [0.1, 0.15) is 0 Å². The molecule has 28 heavy (non-hydrogen) atoms. The molecule has 2 aromatic rings. The van der Waals surface area contributed by atoms with Crippen LogP contribution < -0.4 is 0 Å². The number of thioether (sulfide) groups is 2. The molecule has 0 spiro atoms. The van der Waals surface area contributed by atoms with E-state index < -0.39 is 0 Å². The third-order valence-corrected chi connectivity index (χ3v) is 7.68. The van der Waals surface area contributed by atoms with Crippen LogP contribution in [0.4, 0.5) is 0 Å². The minimum Gasteiger partial charge on any atom is -0.125 e. The largest absolute Gasteiger partial charge is 0.125 e. The van der Waals surface area contributed by atoms with E-state index in [2.05, 4.69) is 91.8 Å². The smallest absolute Gasteiger partial charge is 0.0107 e. The van der Waals surface area contributed by atoms with Crippen molar-refractivity contribution >= 4 is 23.5 Å². The van der Waals surface area contributed by atoms with Crippen LogP contribution in [-0.4, -0.2) is 11.5 Å². The number of rotatable bonds is 9. The average Bonchev–Trinajstić information content (AvgIpc) is 2.64. The molecular formula is C26H38S2. The van der Waals surface area contributed by atoms with Crippen LogP contribution in [-0.2, 0) is 0 Å². The molecule has 0 aromatic heterocycles.